The van der Waals surface area contributed by atoms with E-state index in [1.807, 2.05) is 48.8 Å². The van der Waals surface area contributed by atoms with Crippen LogP contribution in [0, 0.1) is 0 Å². The number of nitrogens with zero attached hydrogens (tertiary/aromatic N) is 1. The van der Waals surface area contributed by atoms with Crippen molar-refractivity contribution >= 4 is 27.5 Å². The van der Waals surface area contributed by atoms with Crippen LogP contribution in [0.3, 0.4) is 0 Å². The quantitative estimate of drug-likeness (QED) is 0.497. The zero-order chi connectivity index (χ0) is 16.5. The summed E-state index contributed by atoms with van der Waals surface area (Å²) >= 11 is 0. The molecule has 24 heavy (non-hydrogen) atoms. The van der Waals surface area contributed by atoms with E-state index in [0.717, 1.165) is 32.7 Å². The molecule has 0 aliphatic rings. The smallest absolute Gasteiger partial charge is 0.337 e. The molecule has 0 aliphatic carbocycles. The van der Waals surface area contributed by atoms with Crippen molar-refractivity contribution < 1.29 is 9.53 Å². The van der Waals surface area contributed by atoms with Crippen molar-refractivity contribution in [3.8, 4) is 11.1 Å². The zero-order valence-corrected chi connectivity index (χ0v) is 13.2. The lowest BCUT2D eigenvalue weighted by molar-refractivity contribution is 0.0601. The van der Waals surface area contributed by atoms with Crippen molar-refractivity contribution in [1.29, 1.82) is 0 Å². The van der Waals surface area contributed by atoms with Gasteiger partial charge in [-0.25, -0.2) is 4.79 Å². The van der Waals surface area contributed by atoms with E-state index in [2.05, 4.69) is 23.2 Å². The Balaban J connectivity index is 2.03. The van der Waals surface area contributed by atoms with Crippen molar-refractivity contribution in [2.45, 2.75) is 0 Å². The second kappa shape index (κ2) is 5.78. The molecule has 4 rings (SSSR count). The van der Waals surface area contributed by atoms with Crippen LogP contribution in [0.4, 0.5) is 0 Å². The van der Waals surface area contributed by atoms with Gasteiger partial charge < -0.3 is 4.74 Å². The Morgan fingerprint density at radius 1 is 0.833 bits per heavy atom. The Bertz CT molecular complexity index is 1060. The van der Waals surface area contributed by atoms with Gasteiger partial charge in [-0.2, -0.15) is 0 Å². The molecule has 0 amide bonds. The SMILES string of the molecule is COC(=O)c1ccc2cccc(-c3cncc4ccccc34)c2c1. The first-order valence-corrected chi connectivity index (χ1v) is 7.72. The lowest BCUT2D eigenvalue weighted by atomic mass is 9.95. The number of esters is 1. The molecule has 0 aliphatic heterocycles. The molecule has 116 valence electrons. The van der Waals surface area contributed by atoms with Crippen LogP contribution in [0.1, 0.15) is 10.4 Å². The molecule has 3 heteroatoms. The number of hydrogen-bond acceptors (Lipinski definition) is 3. The summed E-state index contributed by atoms with van der Waals surface area (Å²) in [4.78, 5) is 16.3. The molecular formula is C21H15NO2. The average molecular weight is 313 g/mol. The van der Waals surface area contributed by atoms with E-state index in [1.54, 1.807) is 6.07 Å². The molecule has 3 nitrogen and oxygen atoms in total. The number of ether oxygens (including phenoxy) is 1. The highest BCUT2D eigenvalue weighted by molar-refractivity contribution is 6.06. The predicted molar refractivity (Wildman–Crippen MR) is 96.0 cm³/mol. The van der Waals surface area contributed by atoms with Crippen molar-refractivity contribution in [3.63, 3.8) is 0 Å². The summed E-state index contributed by atoms with van der Waals surface area (Å²) in [5, 5.41) is 4.33. The highest BCUT2D eigenvalue weighted by atomic mass is 16.5. The maximum absolute atomic E-state index is 11.9. The van der Waals surface area contributed by atoms with Gasteiger partial charge in [0.15, 0.2) is 0 Å². The van der Waals surface area contributed by atoms with Gasteiger partial charge in [-0.3, -0.25) is 4.98 Å². The minimum Gasteiger partial charge on any atom is -0.465 e. The lowest BCUT2D eigenvalue weighted by Crippen LogP contribution is -2.00. The minimum absolute atomic E-state index is 0.331. The van der Waals surface area contributed by atoms with Crippen LogP contribution >= 0.6 is 0 Å². The Kier molecular flexibility index (Phi) is 3.47. The van der Waals surface area contributed by atoms with Crippen molar-refractivity contribution in [2.75, 3.05) is 7.11 Å². The third-order valence-electron chi connectivity index (χ3n) is 4.26. The van der Waals surface area contributed by atoms with Crippen molar-refractivity contribution in [1.82, 2.24) is 4.98 Å². The van der Waals surface area contributed by atoms with E-state index in [0.29, 0.717) is 5.56 Å². The van der Waals surface area contributed by atoms with Gasteiger partial charge in [0.1, 0.15) is 0 Å². The number of aromatic nitrogens is 1. The second-order valence-electron chi connectivity index (χ2n) is 5.64. The van der Waals surface area contributed by atoms with Crippen LogP contribution in [0.2, 0.25) is 0 Å². The van der Waals surface area contributed by atoms with E-state index in [1.165, 1.54) is 7.11 Å². The van der Waals surface area contributed by atoms with Crippen LogP contribution in [0.15, 0.2) is 73.1 Å². The molecule has 0 saturated heterocycles. The fraction of sp³-hybridized carbons (Fsp3) is 0.0476. The Hall–Kier alpha value is -3.20. The summed E-state index contributed by atoms with van der Waals surface area (Å²) in [6.45, 7) is 0. The van der Waals surface area contributed by atoms with E-state index in [4.69, 9.17) is 4.74 Å². The maximum Gasteiger partial charge on any atom is 0.337 e. The van der Waals surface area contributed by atoms with E-state index in [-0.39, 0.29) is 5.97 Å². The molecule has 0 saturated carbocycles. The number of carbonyl (C=O) groups excluding carboxylic acids is 1. The van der Waals surface area contributed by atoms with Gasteiger partial charge in [0.2, 0.25) is 0 Å². The van der Waals surface area contributed by atoms with Crippen LogP contribution in [-0.4, -0.2) is 18.1 Å². The molecule has 0 radical (unpaired) electrons. The largest absolute Gasteiger partial charge is 0.465 e. The van der Waals surface area contributed by atoms with Gasteiger partial charge in [-0.15, -0.1) is 0 Å². The summed E-state index contributed by atoms with van der Waals surface area (Å²) in [6.07, 6.45) is 3.74. The van der Waals surface area contributed by atoms with Gasteiger partial charge in [0.05, 0.1) is 12.7 Å². The second-order valence-corrected chi connectivity index (χ2v) is 5.64. The fourth-order valence-corrected chi connectivity index (χ4v) is 3.08. The van der Waals surface area contributed by atoms with Crippen LogP contribution in [-0.2, 0) is 4.74 Å². The Labute approximate surface area is 139 Å². The third kappa shape index (κ3) is 2.31. The first kappa shape index (κ1) is 14.4. The van der Waals surface area contributed by atoms with E-state index < -0.39 is 0 Å². The van der Waals surface area contributed by atoms with Gasteiger partial charge in [0, 0.05) is 23.3 Å². The predicted octanol–water partition coefficient (Wildman–Crippen LogP) is 4.84. The molecule has 4 aromatic rings. The van der Waals surface area contributed by atoms with Crippen LogP contribution < -0.4 is 0 Å². The molecule has 0 fully saturated rings. The number of rotatable bonds is 2. The van der Waals surface area contributed by atoms with Crippen molar-refractivity contribution in [3.05, 3.63) is 78.6 Å². The average Bonchev–Trinajstić information content (AvgIpc) is 2.66. The topological polar surface area (TPSA) is 39.2 Å². The summed E-state index contributed by atoms with van der Waals surface area (Å²) in [5.74, 6) is -0.331. The molecule has 0 N–H and O–H groups in total. The minimum atomic E-state index is -0.331. The molecule has 0 bridgehead atoms. The summed E-state index contributed by atoms with van der Waals surface area (Å²) in [5.41, 5.74) is 2.66. The zero-order valence-electron chi connectivity index (χ0n) is 13.2. The summed E-state index contributed by atoms with van der Waals surface area (Å²) < 4.78 is 4.85. The van der Waals surface area contributed by atoms with Crippen LogP contribution in [0.25, 0.3) is 32.7 Å². The van der Waals surface area contributed by atoms with Gasteiger partial charge in [0.25, 0.3) is 0 Å². The molecule has 1 aromatic heterocycles. The highest BCUT2D eigenvalue weighted by Crippen LogP contribution is 2.33. The maximum atomic E-state index is 11.9. The number of hydrogen-bond donors (Lipinski definition) is 0. The highest BCUT2D eigenvalue weighted by Gasteiger charge is 2.11. The van der Waals surface area contributed by atoms with E-state index >= 15 is 0 Å². The van der Waals surface area contributed by atoms with Gasteiger partial charge >= 0.3 is 5.97 Å². The molecular weight excluding hydrogens is 298 g/mol. The van der Waals surface area contributed by atoms with Gasteiger partial charge in [-0.05, 0) is 33.9 Å². The monoisotopic (exact) mass is 313 g/mol. The van der Waals surface area contributed by atoms with Gasteiger partial charge in [-0.1, -0.05) is 48.5 Å². The number of benzene rings is 3. The molecule has 3 aromatic carbocycles. The Morgan fingerprint density at radius 3 is 2.54 bits per heavy atom. The number of fused-ring (bicyclic) bond motifs is 2. The molecule has 0 atom stereocenters. The third-order valence-corrected chi connectivity index (χ3v) is 4.26. The number of carbonyl (C=O) groups is 1. The molecule has 0 unspecified atom stereocenters. The standard InChI is InChI=1S/C21H15NO2/c1-24-21(23)15-10-9-14-6-4-8-18(19(14)11-15)20-13-22-12-16-5-2-3-7-17(16)20/h2-13H,1H3. The lowest BCUT2D eigenvalue weighted by Gasteiger charge is -2.11. The molecule has 0 spiro atoms. The normalized spacial score (nSPS) is 10.9. The number of pyridine rings is 1. The first-order valence-electron chi connectivity index (χ1n) is 7.72. The van der Waals surface area contributed by atoms with Crippen LogP contribution in [0.5, 0.6) is 0 Å². The molecule has 1 heterocycles. The fourth-order valence-electron chi connectivity index (χ4n) is 3.08. The summed E-state index contributed by atoms with van der Waals surface area (Å²) in [6, 6.07) is 19.9. The van der Waals surface area contributed by atoms with E-state index in [9.17, 15) is 4.79 Å². The Morgan fingerprint density at radius 2 is 1.67 bits per heavy atom. The number of methoxy groups -OCH3 is 1. The summed E-state index contributed by atoms with van der Waals surface area (Å²) in [7, 11) is 1.40. The first-order chi connectivity index (χ1) is 11.8. The van der Waals surface area contributed by atoms with Crippen molar-refractivity contribution in [2.24, 2.45) is 0 Å².